The van der Waals surface area contributed by atoms with Gasteiger partial charge < -0.3 is 0 Å². The Kier molecular flexibility index (Phi) is 5.44. The van der Waals surface area contributed by atoms with Crippen LogP contribution in [-0.4, -0.2) is 6.04 Å². The Bertz CT molecular complexity index is 547. The third-order valence-electron chi connectivity index (χ3n) is 3.35. The highest BCUT2D eigenvalue weighted by atomic mass is 35.5. The van der Waals surface area contributed by atoms with Gasteiger partial charge in [0, 0.05) is 16.1 Å². The summed E-state index contributed by atoms with van der Waals surface area (Å²) in [5.74, 6) is 5.66. The Morgan fingerprint density at radius 2 is 1.60 bits per heavy atom. The van der Waals surface area contributed by atoms with E-state index >= 15 is 0 Å². The van der Waals surface area contributed by atoms with Crippen LogP contribution in [0.15, 0.2) is 42.5 Å². The number of nitrogens with two attached hydrogens (primary N) is 1. The zero-order chi connectivity index (χ0) is 14.5. The van der Waals surface area contributed by atoms with Crippen molar-refractivity contribution in [3.8, 4) is 0 Å². The van der Waals surface area contributed by atoms with Crippen LogP contribution in [0.2, 0.25) is 10.0 Å². The molecule has 4 heteroatoms. The van der Waals surface area contributed by atoms with E-state index < -0.39 is 0 Å². The lowest BCUT2D eigenvalue weighted by molar-refractivity contribution is 0.522. The fraction of sp³-hybridized carbons (Fsp3) is 0.250. The zero-order valence-corrected chi connectivity index (χ0v) is 12.9. The second-order valence-electron chi connectivity index (χ2n) is 4.96. The summed E-state index contributed by atoms with van der Waals surface area (Å²) in [4.78, 5) is 0. The van der Waals surface area contributed by atoms with Gasteiger partial charge in [0.15, 0.2) is 0 Å². The van der Waals surface area contributed by atoms with E-state index in [4.69, 9.17) is 29.0 Å². The highest BCUT2D eigenvalue weighted by Gasteiger charge is 2.13. The van der Waals surface area contributed by atoms with Gasteiger partial charge in [-0.25, -0.2) is 0 Å². The zero-order valence-electron chi connectivity index (χ0n) is 11.4. The largest absolute Gasteiger partial charge is 0.271 e. The highest BCUT2D eigenvalue weighted by molar-refractivity contribution is 6.36. The van der Waals surface area contributed by atoms with Gasteiger partial charge in [-0.3, -0.25) is 11.3 Å². The topological polar surface area (TPSA) is 38.0 Å². The van der Waals surface area contributed by atoms with Gasteiger partial charge in [0.25, 0.3) is 0 Å². The number of rotatable bonds is 5. The Hall–Kier alpha value is -1.06. The van der Waals surface area contributed by atoms with Crippen LogP contribution in [0.25, 0.3) is 0 Å². The van der Waals surface area contributed by atoms with E-state index in [-0.39, 0.29) is 6.04 Å². The van der Waals surface area contributed by atoms with Crippen LogP contribution >= 0.6 is 23.2 Å². The molecule has 0 radical (unpaired) electrons. The first-order valence-corrected chi connectivity index (χ1v) is 7.30. The van der Waals surface area contributed by atoms with Crippen LogP contribution in [0, 0.1) is 6.92 Å². The molecule has 0 saturated heterocycles. The first-order chi connectivity index (χ1) is 9.60. The maximum Gasteiger partial charge on any atom is 0.0453 e. The summed E-state index contributed by atoms with van der Waals surface area (Å²) in [7, 11) is 0. The van der Waals surface area contributed by atoms with E-state index in [1.54, 1.807) is 0 Å². The molecule has 1 atom stereocenters. The van der Waals surface area contributed by atoms with Gasteiger partial charge in [-0.05, 0) is 43.0 Å². The molecular formula is C16H18Cl2N2. The minimum Gasteiger partial charge on any atom is -0.271 e. The molecule has 0 aliphatic carbocycles. The molecule has 0 fully saturated rings. The second kappa shape index (κ2) is 7.09. The lowest BCUT2D eigenvalue weighted by Gasteiger charge is -2.18. The summed E-state index contributed by atoms with van der Waals surface area (Å²) in [6.07, 6.45) is 1.53. The van der Waals surface area contributed by atoms with Gasteiger partial charge in [-0.2, -0.15) is 0 Å². The maximum atomic E-state index is 6.20. The average Bonchev–Trinajstić information content (AvgIpc) is 2.44. The van der Waals surface area contributed by atoms with Crippen molar-refractivity contribution in [3.63, 3.8) is 0 Å². The van der Waals surface area contributed by atoms with Gasteiger partial charge in [-0.1, -0.05) is 59.1 Å². The lowest BCUT2D eigenvalue weighted by atomic mass is 9.99. The minimum absolute atomic E-state index is 0.0927. The number of halogens is 2. The second-order valence-corrected chi connectivity index (χ2v) is 5.77. The van der Waals surface area contributed by atoms with E-state index in [1.807, 2.05) is 18.2 Å². The summed E-state index contributed by atoms with van der Waals surface area (Å²) in [6.45, 7) is 2.08. The third kappa shape index (κ3) is 3.97. The fourth-order valence-electron chi connectivity index (χ4n) is 2.17. The molecule has 0 saturated carbocycles. The number of hydrazine groups is 1. The van der Waals surface area contributed by atoms with E-state index in [0.29, 0.717) is 16.5 Å². The van der Waals surface area contributed by atoms with Gasteiger partial charge in [0.2, 0.25) is 0 Å². The summed E-state index contributed by atoms with van der Waals surface area (Å²) >= 11 is 12.4. The van der Waals surface area contributed by atoms with Gasteiger partial charge in [-0.15, -0.1) is 0 Å². The van der Waals surface area contributed by atoms with Crippen LogP contribution in [0.5, 0.6) is 0 Å². The molecule has 106 valence electrons. The Morgan fingerprint density at radius 3 is 2.15 bits per heavy atom. The first-order valence-electron chi connectivity index (χ1n) is 6.54. The van der Waals surface area contributed by atoms with Crippen LogP contribution < -0.4 is 11.3 Å². The number of hydrogen-bond acceptors (Lipinski definition) is 2. The molecule has 2 aromatic rings. The molecule has 20 heavy (non-hydrogen) atoms. The quantitative estimate of drug-likeness (QED) is 0.649. The van der Waals surface area contributed by atoms with Gasteiger partial charge in [0.05, 0.1) is 0 Å². The SMILES string of the molecule is Cc1ccc(CC(Cc2c(Cl)cccc2Cl)NN)cc1. The Balaban J connectivity index is 2.11. The molecule has 2 nitrogen and oxygen atoms in total. The number of hydrogen-bond donors (Lipinski definition) is 2. The summed E-state index contributed by atoms with van der Waals surface area (Å²) in [6, 6.07) is 14.1. The van der Waals surface area contributed by atoms with Crippen molar-refractivity contribution in [2.45, 2.75) is 25.8 Å². The number of nitrogens with one attached hydrogen (secondary N) is 1. The van der Waals surface area contributed by atoms with E-state index in [0.717, 1.165) is 12.0 Å². The molecule has 0 bridgehead atoms. The van der Waals surface area contributed by atoms with Crippen molar-refractivity contribution >= 4 is 23.2 Å². The van der Waals surface area contributed by atoms with Gasteiger partial charge in [0.1, 0.15) is 0 Å². The van der Waals surface area contributed by atoms with Gasteiger partial charge >= 0.3 is 0 Å². The smallest absolute Gasteiger partial charge is 0.0453 e. The average molecular weight is 309 g/mol. The normalized spacial score (nSPS) is 12.4. The lowest BCUT2D eigenvalue weighted by Crippen LogP contribution is -2.38. The highest BCUT2D eigenvalue weighted by Crippen LogP contribution is 2.26. The Morgan fingerprint density at radius 1 is 1.00 bits per heavy atom. The summed E-state index contributed by atoms with van der Waals surface area (Å²) in [5, 5.41) is 1.36. The standard InChI is InChI=1S/C16H18Cl2N2/c1-11-5-7-12(8-6-11)9-13(20-19)10-14-15(17)3-2-4-16(14)18/h2-8,13,20H,9-10,19H2,1H3. The van der Waals surface area contributed by atoms with Crippen LogP contribution in [0.3, 0.4) is 0 Å². The molecule has 0 amide bonds. The molecule has 0 heterocycles. The molecule has 0 aromatic heterocycles. The van der Waals surface area contributed by atoms with Crippen molar-refractivity contribution in [2.24, 2.45) is 5.84 Å². The molecular weight excluding hydrogens is 291 g/mol. The maximum absolute atomic E-state index is 6.20. The molecule has 1 unspecified atom stereocenters. The van der Waals surface area contributed by atoms with Crippen LogP contribution in [0.1, 0.15) is 16.7 Å². The van der Waals surface area contributed by atoms with Crippen molar-refractivity contribution in [1.82, 2.24) is 5.43 Å². The van der Waals surface area contributed by atoms with Crippen LogP contribution in [0.4, 0.5) is 0 Å². The Labute approximate surface area is 129 Å². The van der Waals surface area contributed by atoms with Crippen molar-refractivity contribution in [1.29, 1.82) is 0 Å². The predicted molar refractivity (Wildman–Crippen MR) is 86.2 cm³/mol. The summed E-state index contributed by atoms with van der Waals surface area (Å²) < 4.78 is 0. The van der Waals surface area contributed by atoms with E-state index in [2.05, 4.69) is 36.6 Å². The number of benzene rings is 2. The molecule has 0 spiro atoms. The molecule has 2 aromatic carbocycles. The monoisotopic (exact) mass is 308 g/mol. The molecule has 3 N–H and O–H groups in total. The van der Waals surface area contributed by atoms with Crippen LogP contribution in [-0.2, 0) is 12.8 Å². The van der Waals surface area contributed by atoms with E-state index in [1.165, 1.54) is 11.1 Å². The molecule has 2 rings (SSSR count). The minimum atomic E-state index is 0.0927. The van der Waals surface area contributed by atoms with Crippen molar-refractivity contribution < 1.29 is 0 Å². The van der Waals surface area contributed by atoms with E-state index in [9.17, 15) is 0 Å². The van der Waals surface area contributed by atoms with Crippen molar-refractivity contribution in [3.05, 3.63) is 69.2 Å². The summed E-state index contributed by atoms with van der Waals surface area (Å²) in [5.41, 5.74) is 6.27. The molecule has 0 aliphatic heterocycles. The third-order valence-corrected chi connectivity index (χ3v) is 4.06. The number of aryl methyl sites for hydroxylation is 1. The fourth-order valence-corrected chi connectivity index (χ4v) is 2.72. The van der Waals surface area contributed by atoms with Crippen molar-refractivity contribution in [2.75, 3.05) is 0 Å². The predicted octanol–water partition coefficient (Wildman–Crippen LogP) is 3.92. The molecule has 0 aliphatic rings. The first kappa shape index (κ1) is 15.3.